The number of aryl methyl sites for hydroxylation is 2. The molecule has 0 radical (unpaired) electrons. The van der Waals surface area contributed by atoms with Crippen LogP contribution in [0.4, 0.5) is 0 Å². The summed E-state index contributed by atoms with van der Waals surface area (Å²) in [5, 5.41) is 12.1. The smallest absolute Gasteiger partial charge is 0.138 e. The zero-order valence-corrected chi connectivity index (χ0v) is 13.4. The van der Waals surface area contributed by atoms with Crippen molar-refractivity contribution in [2.75, 3.05) is 0 Å². The normalized spacial score (nSPS) is 10.6. The Morgan fingerprint density at radius 1 is 1.55 bits per heavy atom. The van der Waals surface area contributed by atoms with Gasteiger partial charge >= 0.3 is 0 Å². The molecule has 0 spiro atoms. The van der Waals surface area contributed by atoms with Crippen LogP contribution >= 0.6 is 27.5 Å². The Morgan fingerprint density at radius 2 is 2.25 bits per heavy atom. The van der Waals surface area contributed by atoms with Crippen LogP contribution in [0.3, 0.4) is 0 Å². The third kappa shape index (κ3) is 2.96. The van der Waals surface area contributed by atoms with Crippen LogP contribution in [0.25, 0.3) is 0 Å². The Balaban J connectivity index is 2.17. The van der Waals surface area contributed by atoms with Gasteiger partial charge in [0, 0.05) is 12.6 Å². The van der Waals surface area contributed by atoms with Crippen LogP contribution in [-0.2, 0) is 13.7 Å². The van der Waals surface area contributed by atoms with E-state index in [0.29, 0.717) is 22.9 Å². The van der Waals surface area contributed by atoms with Crippen molar-refractivity contribution >= 4 is 33.4 Å². The molecule has 0 aliphatic carbocycles. The maximum atomic E-state index is 7.36. The number of halogens is 2. The van der Waals surface area contributed by atoms with Crippen molar-refractivity contribution in [3.63, 3.8) is 0 Å². The van der Waals surface area contributed by atoms with Gasteiger partial charge in [0.25, 0.3) is 0 Å². The van der Waals surface area contributed by atoms with Gasteiger partial charge in [0.15, 0.2) is 0 Å². The Labute approximate surface area is 130 Å². The number of rotatable bonds is 4. The predicted octanol–water partition coefficient (Wildman–Crippen LogP) is 3.01. The summed E-state index contributed by atoms with van der Waals surface area (Å²) in [6.07, 6.45) is 0. The summed E-state index contributed by atoms with van der Waals surface area (Å²) in [5.74, 6) is 0.519. The zero-order valence-electron chi connectivity index (χ0n) is 11.1. The minimum Gasteiger partial charge on any atom is -0.486 e. The lowest BCUT2D eigenvalue weighted by atomic mass is 10.2. The van der Waals surface area contributed by atoms with Crippen LogP contribution in [0.2, 0.25) is 5.02 Å². The molecule has 106 valence electrons. The molecule has 0 bridgehead atoms. The van der Waals surface area contributed by atoms with Crippen molar-refractivity contribution in [3.05, 3.63) is 44.6 Å². The summed E-state index contributed by atoms with van der Waals surface area (Å²) < 4.78 is 8.39. The molecule has 0 aliphatic rings. The van der Waals surface area contributed by atoms with Gasteiger partial charge in [0.1, 0.15) is 18.2 Å². The SMILES string of the molecule is Cc1nn(C)c(COc2ccc(C(=N)N)cc2Cl)c1Br. The van der Waals surface area contributed by atoms with Crippen LogP contribution in [0.5, 0.6) is 5.75 Å². The van der Waals surface area contributed by atoms with E-state index in [9.17, 15) is 0 Å². The monoisotopic (exact) mass is 356 g/mol. The summed E-state index contributed by atoms with van der Waals surface area (Å²) in [4.78, 5) is 0. The van der Waals surface area contributed by atoms with E-state index in [-0.39, 0.29) is 5.84 Å². The molecular formula is C13H14BrClN4O. The fourth-order valence-corrected chi connectivity index (χ4v) is 2.45. The van der Waals surface area contributed by atoms with E-state index in [1.54, 1.807) is 22.9 Å². The van der Waals surface area contributed by atoms with Crippen molar-refractivity contribution < 1.29 is 4.74 Å². The number of ether oxygens (including phenoxy) is 1. The molecule has 0 atom stereocenters. The van der Waals surface area contributed by atoms with Gasteiger partial charge in [-0.2, -0.15) is 5.10 Å². The molecule has 1 aromatic heterocycles. The largest absolute Gasteiger partial charge is 0.486 e. The molecule has 0 fully saturated rings. The first-order valence-corrected chi connectivity index (χ1v) is 7.02. The van der Waals surface area contributed by atoms with Gasteiger partial charge in [-0.3, -0.25) is 10.1 Å². The van der Waals surface area contributed by atoms with E-state index in [4.69, 9.17) is 27.5 Å². The van der Waals surface area contributed by atoms with Gasteiger partial charge in [-0.1, -0.05) is 11.6 Å². The molecule has 3 N–H and O–H groups in total. The zero-order chi connectivity index (χ0) is 14.9. The topological polar surface area (TPSA) is 76.9 Å². The average molecular weight is 358 g/mol. The van der Waals surface area contributed by atoms with E-state index in [2.05, 4.69) is 21.0 Å². The van der Waals surface area contributed by atoms with E-state index >= 15 is 0 Å². The summed E-state index contributed by atoms with van der Waals surface area (Å²) in [5.41, 5.74) is 7.81. The Morgan fingerprint density at radius 3 is 2.75 bits per heavy atom. The predicted molar refractivity (Wildman–Crippen MR) is 82.4 cm³/mol. The van der Waals surface area contributed by atoms with Crippen LogP contribution in [0.15, 0.2) is 22.7 Å². The van der Waals surface area contributed by atoms with E-state index in [0.717, 1.165) is 15.9 Å². The number of aromatic nitrogens is 2. The molecule has 1 aromatic carbocycles. The van der Waals surface area contributed by atoms with Crippen LogP contribution < -0.4 is 10.5 Å². The van der Waals surface area contributed by atoms with Crippen molar-refractivity contribution in [3.8, 4) is 5.75 Å². The second kappa shape index (κ2) is 5.85. The minimum absolute atomic E-state index is 0.0246. The third-order valence-corrected chi connectivity index (χ3v) is 4.20. The molecular weight excluding hydrogens is 344 g/mol. The highest BCUT2D eigenvalue weighted by atomic mass is 79.9. The molecule has 1 heterocycles. The summed E-state index contributed by atoms with van der Waals surface area (Å²) >= 11 is 9.60. The van der Waals surface area contributed by atoms with Crippen molar-refractivity contribution in [1.82, 2.24) is 9.78 Å². The van der Waals surface area contributed by atoms with Gasteiger partial charge in [0.05, 0.1) is 20.9 Å². The summed E-state index contributed by atoms with van der Waals surface area (Å²) in [6, 6.07) is 5.02. The Kier molecular flexibility index (Phi) is 4.35. The molecule has 0 unspecified atom stereocenters. The molecule has 7 heteroatoms. The average Bonchev–Trinajstić information content (AvgIpc) is 2.62. The molecule has 2 aromatic rings. The van der Waals surface area contributed by atoms with Gasteiger partial charge < -0.3 is 10.5 Å². The quantitative estimate of drug-likeness (QED) is 0.652. The van der Waals surface area contributed by atoms with E-state index < -0.39 is 0 Å². The summed E-state index contributed by atoms with van der Waals surface area (Å²) in [7, 11) is 1.86. The van der Waals surface area contributed by atoms with Crippen molar-refractivity contribution in [2.24, 2.45) is 12.8 Å². The number of nitrogens with zero attached hydrogens (tertiary/aromatic N) is 2. The molecule has 2 rings (SSSR count). The number of benzene rings is 1. The first-order valence-electron chi connectivity index (χ1n) is 5.85. The molecule has 0 amide bonds. The molecule has 0 aliphatic heterocycles. The molecule has 0 saturated heterocycles. The molecule has 20 heavy (non-hydrogen) atoms. The van der Waals surface area contributed by atoms with Crippen molar-refractivity contribution in [2.45, 2.75) is 13.5 Å². The van der Waals surface area contributed by atoms with E-state index in [1.807, 2.05) is 14.0 Å². The van der Waals surface area contributed by atoms with Gasteiger partial charge in [-0.05, 0) is 41.1 Å². The standard InChI is InChI=1S/C13H14BrClN4O/c1-7-12(14)10(19(2)18-7)6-20-11-4-3-8(13(16)17)5-9(11)15/h3-5H,6H2,1-2H3,(H3,16,17). The first kappa shape index (κ1) is 14.9. The highest BCUT2D eigenvalue weighted by Gasteiger charge is 2.12. The maximum absolute atomic E-state index is 7.36. The number of hydrogen-bond donors (Lipinski definition) is 2. The molecule has 0 saturated carbocycles. The Bertz CT molecular complexity index is 669. The van der Waals surface area contributed by atoms with Crippen LogP contribution in [0, 0.1) is 12.3 Å². The van der Waals surface area contributed by atoms with Crippen LogP contribution in [-0.4, -0.2) is 15.6 Å². The highest BCUT2D eigenvalue weighted by Crippen LogP contribution is 2.28. The van der Waals surface area contributed by atoms with E-state index in [1.165, 1.54) is 0 Å². The van der Waals surface area contributed by atoms with Crippen LogP contribution in [0.1, 0.15) is 17.0 Å². The minimum atomic E-state index is -0.0246. The van der Waals surface area contributed by atoms with Gasteiger partial charge in [-0.25, -0.2) is 0 Å². The summed E-state index contributed by atoms with van der Waals surface area (Å²) in [6.45, 7) is 2.26. The maximum Gasteiger partial charge on any atom is 0.138 e. The first-order chi connectivity index (χ1) is 9.40. The second-order valence-electron chi connectivity index (χ2n) is 4.32. The third-order valence-electron chi connectivity index (χ3n) is 2.87. The highest BCUT2D eigenvalue weighted by molar-refractivity contribution is 9.10. The molecule has 5 nitrogen and oxygen atoms in total. The number of nitrogens with two attached hydrogens (primary N) is 1. The Hall–Kier alpha value is -1.53. The number of nitrogen functional groups attached to an aromatic ring is 1. The second-order valence-corrected chi connectivity index (χ2v) is 5.52. The lowest BCUT2D eigenvalue weighted by Gasteiger charge is -2.10. The van der Waals surface area contributed by atoms with Gasteiger partial charge in [-0.15, -0.1) is 0 Å². The number of amidine groups is 1. The van der Waals surface area contributed by atoms with Crippen molar-refractivity contribution in [1.29, 1.82) is 5.41 Å². The fourth-order valence-electron chi connectivity index (χ4n) is 1.77. The lowest BCUT2D eigenvalue weighted by molar-refractivity contribution is 0.294. The van der Waals surface area contributed by atoms with Gasteiger partial charge in [0.2, 0.25) is 0 Å². The number of hydrogen-bond acceptors (Lipinski definition) is 3. The fraction of sp³-hybridized carbons (Fsp3) is 0.231. The number of nitrogens with one attached hydrogen (secondary N) is 1. The lowest BCUT2D eigenvalue weighted by Crippen LogP contribution is -2.11.